The predicted molar refractivity (Wildman–Crippen MR) is 60.3 cm³/mol. The highest BCUT2D eigenvalue weighted by Crippen LogP contribution is 2.02. The van der Waals surface area contributed by atoms with Crippen molar-refractivity contribution in [3.8, 4) is 0 Å². The van der Waals surface area contributed by atoms with Gasteiger partial charge in [0.15, 0.2) is 6.29 Å². The molecule has 0 heterocycles. The van der Waals surface area contributed by atoms with Gasteiger partial charge in [0.2, 0.25) is 0 Å². The van der Waals surface area contributed by atoms with Crippen LogP contribution in [0.4, 0.5) is 0 Å². The fourth-order valence-corrected chi connectivity index (χ4v) is 0.926. The second kappa shape index (κ2) is 7.54. The molecule has 3 nitrogen and oxygen atoms in total. The molecule has 0 bridgehead atoms. The van der Waals surface area contributed by atoms with Crippen molar-refractivity contribution < 1.29 is 9.59 Å². The maximum Gasteiger partial charge on any atom is 0.251 e. The Morgan fingerprint density at radius 1 is 1.53 bits per heavy atom. The van der Waals surface area contributed by atoms with Gasteiger partial charge in [-0.3, -0.25) is 9.59 Å². The molecule has 0 spiro atoms. The molecule has 80 valence electrons. The molecule has 3 heteroatoms. The number of nitrogens with one attached hydrogen (secondary N) is 1. The average Bonchev–Trinajstić information content (AvgIpc) is 2.24. The van der Waals surface area contributed by atoms with Crippen LogP contribution >= 0.6 is 0 Å². The minimum atomic E-state index is -0.217. The molecule has 0 atom stereocenters. The van der Waals surface area contributed by atoms with Gasteiger partial charge in [-0.1, -0.05) is 18.7 Å². The third-order valence-corrected chi connectivity index (χ3v) is 1.59. The van der Waals surface area contributed by atoms with Crippen LogP contribution < -0.4 is 5.32 Å². The first kappa shape index (κ1) is 13.1. The minimum Gasteiger partial charge on any atom is -0.352 e. The number of allylic oxidation sites excluding steroid dienone is 3. The zero-order chi connectivity index (χ0) is 11.7. The van der Waals surface area contributed by atoms with E-state index in [1.54, 1.807) is 19.1 Å². The first-order valence-electron chi connectivity index (χ1n) is 4.67. The molecule has 0 radical (unpaired) electrons. The van der Waals surface area contributed by atoms with Crippen molar-refractivity contribution in [3.63, 3.8) is 0 Å². The van der Waals surface area contributed by atoms with E-state index in [1.165, 1.54) is 6.08 Å². The van der Waals surface area contributed by atoms with Crippen molar-refractivity contribution in [2.45, 2.75) is 13.8 Å². The maximum atomic E-state index is 11.5. The van der Waals surface area contributed by atoms with Crippen LogP contribution in [-0.4, -0.2) is 18.7 Å². The van der Waals surface area contributed by atoms with Gasteiger partial charge in [-0.25, -0.2) is 0 Å². The van der Waals surface area contributed by atoms with E-state index < -0.39 is 0 Å². The van der Waals surface area contributed by atoms with Crippen LogP contribution in [0.5, 0.6) is 0 Å². The number of rotatable bonds is 5. The topological polar surface area (TPSA) is 46.2 Å². The van der Waals surface area contributed by atoms with Crippen molar-refractivity contribution in [1.82, 2.24) is 5.32 Å². The van der Waals surface area contributed by atoms with E-state index in [-0.39, 0.29) is 11.5 Å². The number of likely N-dealkylation sites (N-methyl/N-ethyl adjacent to an activating group) is 1. The number of aldehydes is 1. The number of hydrogen-bond donors (Lipinski definition) is 1. The molecule has 0 saturated carbocycles. The molecule has 0 fully saturated rings. The fourth-order valence-electron chi connectivity index (χ4n) is 0.926. The lowest BCUT2D eigenvalue weighted by molar-refractivity contribution is -0.117. The quantitative estimate of drug-likeness (QED) is 0.320. The lowest BCUT2D eigenvalue weighted by Gasteiger charge is -2.02. The predicted octanol–water partition coefficient (Wildman–Crippen LogP) is 1.54. The Kier molecular flexibility index (Phi) is 6.60. The number of hydrogen-bond acceptors (Lipinski definition) is 2. The smallest absolute Gasteiger partial charge is 0.251 e. The Hall–Kier alpha value is -1.86. The van der Waals surface area contributed by atoms with Gasteiger partial charge in [0.1, 0.15) is 0 Å². The molecule has 0 rings (SSSR count). The number of carbonyl (C=O) groups excluding carboxylic acids is 2. The molecule has 0 aliphatic rings. The second-order valence-electron chi connectivity index (χ2n) is 2.71. The molecule has 1 amide bonds. The molecule has 15 heavy (non-hydrogen) atoms. The summed E-state index contributed by atoms with van der Waals surface area (Å²) < 4.78 is 0. The lowest BCUT2D eigenvalue weighted by atomic mass is 10.1. The fraction of sp³-hybridized carbons (Fsp3) is 0.250. The van der Waals surface area contributed by atoms with Gasteiger partial charge in [-0.05, 0) is 19.9 Å². The van der Waals surface area contributed by atoms with E-state index in [9.17, 15) is 9.59 Å². The van der Waals surface area contributed by atoms with E-state index in [0.29, 0.717) is 18.4 Å². The normalized spacial score (nSPS) is 10.9. The SMILES string of the molecule is C=C=C(C=O)/C=C(\C=C/C)C(=O)NCC. The first-order valence-corrected chi connectivity index (χ1v) is 4.67. The van der Waals surface area contributed by atoms with Crippen LogP contribution in [0.25, 0.3) is 0 Å². The Morgan fingerprint density at radius 2 is 2.20 bits per heavy atom. The van der Waals surface area contributed by atoms with Gasteiger partial charge in [0, 0.05) is 12.1 Å². The molecular weight excluding hydrogens is 190 g/mol. The van der Waals surface area contributed by atoms with Crippen LogP contribution in [0, 0.1) is 0 Å². The van der Waals surface area contributed by atoms with E-state index in [2.05, 4.69) is 17.6 Å². The van der Waals surface area contributed by atoms with Gasteiger partial charge in [-0.15, -0.1) is 5.73 Å². The molecule has 0 aromatic rings. The van der Waals surface area contributed by atoms with Crippen molar-refractivity contribution in [2.75, 3.05) is 6.54 Å². The Morgan fingerprint density at radius 3 is 2.60 bits per heavy atom. The van der Waals surface area contributed by atoms with Crippen molar-refractivity contribution in [2.24, 2.45) is 0 Å². The monoisotopic (exact) mass is 205 g/mol. The summed E-state index contributed by atoms with van der Waals surface area (Å²) in [6.07, 6.45) is 5.42. The van der Waals surface area contributed by atoms with Crippen molar-refractivity contribution in [3.05, 3.63) is 41.7 Å². The van der Waals surface area contributed by atoms with Crippen molar-refractivity contribution >= 4 is 12.2 Å². The highest BCUT2D eigenvalue weighted by Gasteiger charge is 2.04. The van der Waals surface area contributed by atoms with Crippen LogP contribution in [0.1, 0.15) is 13.8 Å². The minimum absolute atomic E-state index is 0.217. The summed E-state index contributed by atoms with van der Waals surface area (Å²) >= 11 is 0. The molecule has 0 aliphatic heterocycles. The summed E-state index contributed by atoms with van der Waals surface area (Å²) in [5.41, 5.74) is 3.12. The highest BCUT2D eigenvalue weighted by atomic mass is 16.1. The average molecular weight is 205 g/mol. The summed E-state index contributed by atoms with van der Waals surface area (Å²) in [5.74, 6) is -0.217. The van der Waals surface area contributed by atoms with Crippen LogP contribution in [0.3, 0.4) is 0 Å². The number of amides is 1. The summed E-state index contributed by atoms with van der Waals surface area (Å²) in [6.45, 7) is 7.53. The summed E-state index contributed by atoms with van der Waals surface area (Å²) in [7, 11) is 0. The van der Waals surface area contributed by atoms with E-state index in [0.717, 1.165) is 0 Å². The van der Waals surface area contributed by atoms with E-state index >= 15 is 0 Å². The van der Waals surface area contributed by atoms with Crippen molar-refractivity contribution in [1.29, 1.82) is 0 Å². The summed E-state index contributed by atoms with van der Waals surface area (Å²) in [4.78, 5) is 22.0. The van der Waals surface area contributed by atoms with E-state index in [1.807, 2.05) is 6.92 Å². The molecule has 0 saturated heterocycles. The van der Waals surface area contributed by atoms with E-state index in [4.69, 9.17) is 0 Å². The molecular formula is C12H15NO2. The van der Waals surface area contributed by atoms with Gasteiger partial charge in [-0.2, -0.15) is 0 Å². The van der Waals surface area contributed by atoms with Crippen LogP contribution in [0.15, 0.2) is 41.7 Å². The maximum absolute atomic E-state index is 11.5. The highest BCUT2D eigenvalue weighted by molar-refractivity contribution is 5.98. The Balaban J connectivity index is 5.03. The lowest BCUT2D eigenvalue weighted by Crippen LogP contribution is -2.23. The summed E-state index contributed by atoms with van der Waals surface area (Å²) in [6, 6.07) is 0. The zero-order valence-corrected chi connectivity index (χ0v) is 9.04. The Bertz CT molecular complexity index is 345. The molecule has 0 aromatic heterocycles. The number of carbonyl (C=O) groups is 2. The van der Waals surface area contributed by atoms with Gasteiger partial charge in [0.05, 0.1) is 5.57 Å². The standard InChI is InChI=1S/C12H15NO2/c1-4-7-11(12(15)13-6-3)8-10(5-2)9-14/h4,7-9H,2,6H2,1,3H3,(H,13,15)/b7-4-,11-8+. The zero-order valence-electron chi connectivity index (χ0n) is 9.04. The third-order valence-electron chi connectivity index (χ3n) is 1.59. The molecule has 0 aromatic carbocycles. The summed E-state index contributed by atoms with van der Waals surface area (Å²) in [5, 5.41) is 2.65. The van der Waals surface area contributed by atoms with Gasteiger partial charge >= 0.3 is 0 Å². The molecule has 0 aliphatic carbocycles. The second-order valence-corrected chi connectivity index (χ2v) is 2.71. The third kappa shape index (κ3) is 4.79. The van der Waals surface area contributed by atoms with Gasteiger partial charge in [0.25, 0.3) is 5.91 Å². The van der Waals surface area contributed by atoms with Gasteiger partial charge < -0.3 is 5.32 Å². The first-order chi connectivity index (χ1) is 7.19. The largest absolute Gasteiger partial charge is 0.352 e. The molecule has 0 unspecified atom stereocenters. The Labute approximate surface area is 89.9 Å². The molecule has 1 N–H and O–H groups in total. The van der Waals surface area contributed by atoms with Crippen LogP contribution in [-0.2, 0) is 9.59 Å². The van der Waals surface area contributed by atoms with Crippen LogP contribution in [0.2, 0.25) is 0 Å².